The van der Waals surface area contributed by atoms with E-state index in [0.29, 0.717) is 6.54 Å². The van der Waals surface area contributed by atoms with Crippen molar-refractivity contribution >= 4 is 21.6 Å². The topological polar surface area (TPSA) is 21.3 Å². The molecule has 1 aliphatic heterocycles. The van der Waals surface area contributed by atoms with Crippen LogP contribution in [0.5, 0.6) is 5.75 Å². The smallest absolute Gasteiger partial charge is 0.181 e. The summed E-state index contributed by atoms with van der Waals surface area (Å²) in [6.07, 6.45) is 0.667. The number of anilines is 1. The molecule has 1 atom stereocenters. The van der Waals surface area contributed by atoms with Crippen molar-refractivity contribution < 1.29 is 13.5 Å². The number of rotatable bonds is 3. The van der Waals surface area contributed by atoms with E-state index in [2.05, 4.69) is 21.2 Å². The Balaban J connectivity index is 1.65. The zero-order chi connectivity index (χ0) is 14.1. The van der Waals surface area contributed by atoms with Crippen molar-refractivity contribution in [2.24, 2.45) is 0 Å². The Kier molecular flexibility index (Phi) is 3.61. The molecule has 0 aliphatic carbocycles. The van der Waals surface area contributed by atoms with Gasteiger partial charge in [0.25, 0.3) is 0 Å². The van der Waals surface area contributed by atoms with Gasteiger partial charge in [-0.05, 0) is 35.9 Å². The number of benzene rings is 2. The molecule has 0 radical (unpaired) electrons. The minimum absolute atomic E-state index is 0.0815. The molecule has 0 spiro atoms. The maximum atomic E-state index is 13.5. The molecular weight excluding hydrogens is 328 g/mol. The van der Waals surface area contributed by atoms with Gasteiger partial charge < -0.3 is 10.1 Å². The summed E-state index contributed by atoms with van der Waals surface area (Å²) in [5, 5.41) is 2.89. The summed E-state index contributed by atoms with van der Waals surface area (Å²) >= 11 is 3.42. The zero-order valence-electron chi connectivity index (χ0n) is 10.5. The average Bonchev–Trinajstić information content (AvgIpc) is 2.82. The van der Waals surface area contributed by atoms with E-state index in [9.17, 15) is 8.78 Å². The van der Waals surface area contributed by atoms with E-state index in [1.54, 1.807) is 0 Å². The van der Waals surface area contributed by atoms with Gasteiger partial charge in [0.2, 0.25) is 0 Å². The highest BCUT2D eigenvalue weighted by Crippen LogP contribution is 2.31. The van der Waals surface area contributed by atoms with Gasteiger partial charge in [0.05, 0.1) is 12.2 Å². The van der Waals surface area contributed by atoms with E-state index in [-0.39, 0.29) is 11.8 Å². The third kappa shape index (κ3) is 2.63. The second-order valence-electron chi connectivity index (χ2n) is 4.68. The summed E-state index contributed by atoms with van der Waals surface area (Å²) in [7, 11) is 0. The van der Waals surface area contributed by atoms with Gasteiger partial charge in [0.1, 0.15) is 11.9 Å². The maximum Gasteiger partial charge on any atom is 0.181 e. The van der Waals surface area contributed by atoms with Crippen LogP contribution in [-0.4, -0.2) is 12.6 Å². The summed E-state index contributed by atoms with van der Waals surface area (Å²) in [6.45, 7) is 0.423. The van der Waals surface area contributed by atoms with Gasteiger partial charge in [-0.15, -0.1) is 0 Å². The number of nitrogens with one attached hydrogen (secondary N) is 1. The number of fused-ring (bicyclic) bond motifs is 1. The van der Waals surface area contributed by atoms with E-state index in [1.807, 2.05) is 18.2 Å². The second-order valence-corrected chi connectivity index (χ2v) is 5.59. The molecule has 0 bridgehead atoms. The van der Waals surface area contributed by atoms with Crippen molar-refractivity contribution in [3.63, 3.8) is 0 Å². The van der Waals surface area contributed by atoms with Gasteiger partial charge in [-0.25, -0.2) is 8.78 Å². The lowest BCUT2D eigenvalue weighted by Gasteiger charge is -2.13. The molecule has 2 aromatic rings. The fraction of sp³-hybridized carbons (Fsp3) is 0.200. The normalized spacial score (nSPS) is 16.6. The van der Waals surface area contributed by atoms with Crippen molar-refractivity contribution in [2.45, 2.75) is 12.5 Å². The fourth-order valence-corrected chi connectivity index (χ4v) is 2.68. The highest BCUT2D eigenvalue weighted by molar-refractivity contribution is 9.10. The SMILES string of the molecule is Fc1cccc(NCC2Cc3cc(Br)ccc3O2)c1F. The minimum Gasteiger partial charge on any atom is -0.488 e. The molecule has 3 rings (SSSR count). The highest BCUT2D eigenvalue weighted by Gasteiger charge is 2.23. The Morgan fingerprint density at radius 3 is 2.95 bits per heavy atom. The van der Waals surface area contributed by atoms with E-state index in [1.165, 1.54) is 12.1 Å². The van der Waals surface area contributed by atoms with Crippen LogP contribution in [0, 0.1) is 11.6 Å². The van der Waals surface area contributed by atoms with Crippen LogP contribution in [0.15, 0.2) is 40.9 Å². The summed E-state index contributed by atoms with van der Waals surface area (Å²) in [5.41, 5.74) is 1.27. The molecule has 0 fully saturated rings. The largest absolute Gasteiger partial charge is 0.488 e. The van der Waals surface area contributed by atoms with Gasteiger partial charge in [0, 0.05) is 10.9 Å². The first-order valence-electron chi connectivity index (χ1n) is 6.26. The molecule has 2 nitrogen and oxygen atoms in total. The van der Waals surface area contributed by atoms with Crippen molar-refractivity contribution in [3.05, 3.63) is 58.1 Å². The Morgan fingerprint density at radius 1 is 1.25 bits per heavy atom. The molecular formula is C15H12BrF2NO. The molecule has 0 amide bonds. The number of ether oxygens (including phenoxy) is 1. The third-order valence-electron chi connectivity index (χ3n) is 3.24. The summed E-state index contributed by atoms with van der Waals surface area (Å²) in [5.74, 6) is -0.861. The molecule has 0 saturated heterocycles. The Labute approximate surface area is 123 Å². The second kappa shape index (κ2) is 5.40. The third-order valence-corrected chi connectivity index (χ3v) is 3.73. The molecule has 2 aromatic carbocycles. The number of hydrogen-bond acceptors (Lipinski definition) is 2. The number of halogens is 3. The summed E-state index contributed by atoms with van der Waals surface area (Å²) in [4.78, 5) is 0. The zero-order valence-corrected chi connectivity index (χ0v) is 12.1. The van der Waals surface area contributed by atoms with Gasteiger partial charge in [0.15, 0.2) is 11.6 Å². The van der Waals surface area contributed by atoms with Crippen molar-refractivity contribution in [1.29, 1.82) is 0 Å². The lowest BCUT2D eigenvalue weighted by Crippen LogP contribution is -2.24. The van der Waals surface area contributed by atoms with Gasteiger partial charge in [-0.1, -0.05) is 22.0 Å². The molecule has 104 valence electrons. The van der Waals surface area contributed by atoms with E-state index in [0.717, 1.165) is 28.3 Å². The van der Waals surface area contributed by atoms with Gasteiger partial charge >= 0.3 is 0 Å². The first-order chi connectivity index (χ1) is 9.63. The standard InChI is InChI=1S/C15H12BrF2NO/c16-10-4-5-14-9(6-10)7-11(20-14)8-19-13-3-1-2-12(17)15(13)18/h1-6,11,19H,7-8H2. The monoisotopic (exact) mass is 339 g/mol. The Bertz CT molecular complexity index is 648. The van der Waals surface area contributed by atoms with E-state index in [4.69, 9.17) is 4.74 Å². The molecule has 1 aliphatic rings. The molecule has 1 unspecified atom stereocenters. The minimum atomic E-state index is -0.856. The van der Waals surface area contributed by atoms with Crippen molar-refractivity contribution in [3.8, 4) is 5.75 Å². The Hall–Kier alpha value is -1.62. The molecule has 5 heteroatoms. The average molecular weight is 340 g/mol. The quantitative estimate of drug-likeness (QED) is 0.907. The first-order valence-corrected chi connectivity index (χ1v) is 7.06. The van der Waals surface area contributed by atoms with Crippen LogP contribution >= 0.6 is 15.9 Å². The predicted molar refractivity (Wildman–Crippen MR) is 77.1 cm³/mol. The van der Waals surface area contributed by atoms with Crippen LogP contribution in [0.3, 0.4) is 0 Å². The van der Waals surface area contributed by atoms with E-state index < -0.39 is 11.6 Å². The lowest BCUT2D eigenvalue weighted by atomic mass is 10.1. The van der Waals surface area contributed by atoms with Crippen LogP contribution < -0.4 is 10.1 Å². The van der Waals surface area contributed by atoms with E-state index >= 15 is 0 Å². The molecule has 1 N–H and O–H groups in total. The van der Waals surface area contributed by atoms with Crippen LogP contribution in [0.2, 0.25) is 0 Å². The van der Waals surface area contributed by atoms with Crippen molar-refractivity contribution in [1.82, 2.24) is 0 Å². The predicted octanol–water partition coefficient (Wildman–Crippen LogP) is 4.14. The van der Waals surface area contributed by atoms with Gasteiger partial charge in [-0.2, -0.15) is 0 Å². The fourth-order valence-electron chi connectivity index (χ4n) is 2.27. The molecule has 0 saturated carbocycles. The van der Waals surface area contributed by atoms with Crippen LogP contribution in [-0.2, 0) is 6.42 Å². The molecule has 1 heterocycles. The number of hydrogen-bond donors (Lipinski definition) is 1. The van der Waals surface area contributed by atoms with Gasteiger partial charge in [-0.3, -0.25) is 0 Å². The van der Waals surface area contributed by atoms with Crippen LogP contribution in [0.25, 0.3) is 0 Å². The van der Waals surface area contributed by atoms with Crippen LogP contribution in [0.1, 0.15) is 5.56 Å². The summed E-state index contributed by atoms with van der Waals surface area (Å²) in [6, 6.07) is 9.92. The molecule has 20 heavy (non-hydrogen) atoms. The van der Waals surface area contributed by atoms with Crippen molar-refractivity contribution in [2.75, 3.05) is 11.9 Å². The molecule has 0 aromatic heterocycles. The lowest BCUT2D eigenvalue weighted by molar-refractivity contribution is 0.246. The van der Waals surface area contributed by atoms with Crippen LogP contribution in [0.4, 0.5) is 14.5 Å². The summed E-state index contributed by atoms with van der Waals surface area (Å²) < 4.78 is 33.4. The Morgan fingerprint density at radius 2 is 2.10 bits per heavy atom. The first kappa shape index (κ1) is 13.4. The highest BCUT2D eigenvalue weighted by atomic mass is 79.9. The maximum absolute atomic E-state index is 13.5.